The summed E-state index contributed by atoms with van der Waals surface area (Å²) in [4.78, 5) is 6.55. The molecule has 1 aliphatic rings. The van der Waals surface area contributed by atoms with E-state index in [9.17, 15) is 5.26 Å². The Morgan fingerprint density at radius 2 is 2.23 bits per heavy atom. The smallest absolute Gasteiger partial charge is 0.163 e. The first-order valence-electron chi connectivity index (χ1n) is 7.19. The van der Waals surface area contributed by atoms with Crippen LogP contribution in [-0.4, -0.2) is 39.4 Å². The number of nitrogens with zero attached hydrogens (tertiary/aromatic N) is 6. The highest BCUT2D eigenvalue weighted by Crippen LogP contribution is 2.28. The number of aryl methyl sites for hydroxylation is 3. The van der Waals surface area contributed by atoms with E-state index < -0.39 is 0 Å². The van der Waals surface area contributed by atoms with E-state index in [0.717, 1.165) is 29.4 Å². The van der Waals surface area contributed by atoms with Crippen molar-refractivity contribution in [3.63, 3.8) is 0 Å². The summed E-state index contributed by atoms with van der Waals surface area (Å²) in [6.07, 6.45) is 1.51. The summed E-state index contributed by atoms with van der Waals surface area (Å²) in [5, 5.41) is 17.5. The van der Waals surface area contributed by atoms with Gasteiger partial charge >= 0.3 is 0 Å². The van der Waals surface area contributed by atoms with Gasteiger partial charge in [0.1, 0.15) is 18.5 Å². The van der Waals surface area contributed by atoms with E-state index in [-0.39, 0.29) is 6.10 Å². The summed E-state index contributed by atoms with van der Waals surface area (Å²) in [5.74, 6) is 0.797. The number of aromatic nitrogens is 4. The average molecular weight is 298 g/mol. The fourth-order valence-electron chi connectivity index (χ4n) is 2.80. The van der Waals surface area contributed by atoms with Crippen LogP contribution in [0.5, 0.6) is 0 Å². The fourth-order valence-corrected chi connectivity index (χ4v) is 2.80. The molecule has 0 aliphatic carbocycles. The first-order chi connectivity index (χ1) is 10.6. The van der Waals surface area contributed by atoms with Crippen LogP contribution in [0, 0.1) is 25.2 Å². The summed E-state index contributed by atoms with van der Waals surface area (Å²) in [6, 6.07) is 4.23. The van der Waals surface area contributed by atoms with Crippen LogP contribution >= 0.6 is 0 Å². The zero-order valence-corrected chi connectivity index (χ0v) is 12.9. The van der Waals surface area contributed by atoms with Crippen LogP contribution in [0.3, 0.4) is 0 Å². The Labute approximate surface area is 129 Å². The molecule has 22 heavy (non-hydrogen) atoms. The van der Waals surface area contributed by atoms with Crippen LogP contribution in [-0.2, 0) is 11.8 Å². The predicted molar refractivity (Wildman–Crippen MR) is 80.3 cm³/mol. The Balaban J connectivity index is 1.93. The van der Waals surface area contributed by atoms with Crippen molar-refractivity contribution in [3.05, 3.63) is 35.2 Å². The van der Waals surface area contributed by atoms with Gasteiger partial charge in [0.2, 0.25) is 0 Å². The molecule has 114 valence electrons. The number of rotatable bonds is 2. The standard InChI is InChI=1S/C15H18N6O/c1-10-6-13(12(7-16)11(2)18-10)21-4-5-22-14(8-21)15-19-17-9-20(15)3/h6,9,14H,4-5,8H2,1-3H3/t14-/m1/s1. The second-order valence-electron chi connectivity index (χ2n) is 5.46. The molecule has 0 aromatic carbocycles. The summed E-state index contributed by atoms with van der Waals surface area (Å²) in [7, 11) is 1.90. The monoisotopic (exact) mass is 298 g/mol. The topological polar surface area (TPSA) is 79.9 Å². The van der Waals surface area contributed by atoms with Crippen molar-refractivity contribution in [2.24, 2.45) is 7.05 Å². The van der Waals surface area contributed by atoms with Gasteiger partial charge in [-0.15, -0.1) is 10.2 Å². The van der Waals surface area contributed by atoms with Gasteiger partial charge in [0.05, 0.1) is 30.1 Å². The quantitative estimate of drug-likeness (QED) is 0.831. The molecule has 1 aliphatic heterocycles. The summed E-state index contributed by atoms with van der Waals surface area (Å²) in [5.41, 5.74) is 3.22. The highest BCUT2D eigenvalue weighted by molar-refractivity contribution is 5.62. The van der Waals surface area contributed by atoms with E-state index in [0.29, 0.717) is 18.7 Å². The molecule has 0 amide bonds. The third-order valence-electron chi connectivity index (χ3n) is 3.86. The van der Waals surface area contributed by atoms with Gasteiger partial charge in [-0.3, -0.25) is 4.98 Å². The Hall–Kier alpha value is -2.46. The van der Waals surface area contributed by atoms with Gasteiger partial charge in [-0.2, -0.15) is 5.26 Å². The average Bonchev–Trinajstić information content (AvgIpc) is 2.93. The summed E-state index contributed by atoms with van der Waals surface area (Å²) >= 11 is 0. The van der Waals surface area contributed by atoms with E-state index in [1.165, 1.54) is 0 Å². The van der Waals surface area contributed by atoms with E-state index in [1.54, 1.807) is 6.33 Å². The molecular weight excluding hydrogens is 280 g/mol. The van der Waals surface area contributed by atoms with Gasteiger partial charge in [0, 0.05) is 19.3 Å². The molecule has 0 bridgehead atoms. The van der Waals surface area contributed by atoms with Gasteiger partial charge in [-0.25, -0.2) is 0 Å². The van der Waals surface area contributed by atoms with Crippen molar-refractivity contribution in [2.75, 3.05) is 24.6 Å². The third kappa shape index (κ3) is 2.53. The molecule has 2 aromatic rings. The van der Waals surface area contributed by atoms with Gasteiger partial charge in [-0.05, 0) is 19.9 Å². The second-order valence-corrected chi connectivity index (χ2v) is 5.46. The Morgan fingerprint density at radius 3 is 2.91 bits per heavy atom. The minimum Gasteiger partial charge on any atom is -0.367 e. The largest absolute Gasteiger partial charge is 0.367 e. The maximum absolute atomic E-state index is 9.44. The van der Waals surface area contributed by atoms with Crippen molar-refractivity contribution in [2.45, 2.75) is 20.0 Å². The number of hydrogen-bond donors (Lipinski definition) is 0. The van der Waals surface area contributed by atoms with Crippen LogP contribution in [0.4, 0.5) is 5.69 Å². The number of morpholine rings is 1. The SMILES string of the molecule is Cc1cc(N2CCO[C@@H](c3nncn3C)C2)c(C#N)c(C)n1. The first-order valence-corrected chi connectivity index (χ1v) is 7.19. The fraction of sp³-hybridized carbons (Fsp3) is 0.467. The van der Waals surface area contributed by atoms with E-state index in [2.05, 4.69) is 26.2 Å². The normalized spacial score (nSPS) is 18.3. The Morgan fingerprint density at radius 1 is 1.41 bits per heavy atom. The maximum atomic E-state index is 9.44. The van der Waals surface area contributed by atoms with Crippen LogP contribution in [0.25, 0.3) is 0 Å². The first kappa shape index (κ1) is 14.5. The summed E-state index contributed by atoms with van der Waals surface area (Å²) in [6.45, 7) is 5.78. The highest BCUT2D eigenvalue weighted by Gasteiger charge is 2.27. The van der Waals surface area contributed by atoms with Gasteiger partial charge < -0.3 is 14.2 Å². The van der Waals surface area contributed by atoms with Crippen LogP contribution in [0.15, 0.2) is 12.4 Å². The van der Waals surface area contributed by atoms with Crippen molar-refractivity contribution in [1.29, 1.82) is 5.26 Å². The second kappa shape index (κ2) is 5.73. The third-order valence-corrected chi connectivity index (χ3v) is 3.86. The van der Waals surface area contributed by atoms with Crippen molar-refractivity contribution >= 4 is 5.69 Å². The molecule has 0 spiro atoms. The van der Waals surface area contributed by atoms with Crippen molar-refractivity contribution in [3.8, 4) is 6.07 Å². The lowest BCUT2D eigenvalue weighted by molar-refractivity contribution is 0.0321. The molecule has 0 radical (unpaired) electrons. The van der Waals surface area contributed by atoms with Gasteiger partial charge in [-0.1, -0.05) is 0 Å². The minimum absolute atomic E-state index is 0.151. The lowest BCUT2D eigenvalue weighted by Gasteiger charge is -2.34. The minimum atomic E-state index is -0.151. The number of anilines is 1. The molecule has 2 aromatic heterocycles. The van der Waals surface area contributed by atoms with Gasteiger partial charge in [0.15, 0.2) is 5.82 Å². The Kier molecular flexibility index (Phi) is 3.77. The number of nitriles is 1. The molecule has 1 saturated heterocycles. The molecule has 0 N–H and O–H groups in total. The van der Waals surface area contributed by atoms with Crippen molar-refractivity contribution < 1.29 is 4.74 Å². The molecule has 0 saturated carbocycles. The van der Waals surface area contributed by atoms with Crippen LogP contribution in [0.2, 0.25) is 0 Å². The van der Waals surface area contributed by atoms with E-state index in [1.807, 2.05) is 31.5 Å². The van der Waals surface area contributed by atoms with E-state index in [4.69, 9.17) is 4.74 Å². The number of pyridine rings is 1. The molecule has 3 rings (SSSR count). The highest BCUT2D eigenvalue weighted by atomic mass is 16.5. The lowest BCUT2D eigenvalue weighted by Crippen LogP contribution is -2.39. The molecule has 3 heterocycles. The number of hydrogen-bond acceptors (Lipinski definition) is 6. The molecule has 0 unspecified atom stereocenters. The van der Waals surface area contributed by atoms with Gasteiger partial charge in [0.25, 0.3) is 0 Å². The lowest BCUT2D eigenvalue weighted by atomic mass is 10.1. The van der Waals surface area contributed by atoms with Crippen LogP contribution in [0.1, 0.15) is 28.9 Å². The van der Waals surface area contributed by atoms with Crippen molar-refractivity contribution in [1.82, 2.24) is 19.7 Å². The summed E-state index contributed by atoms with van der Waals surface area (Å²) < 4.78 is 7.69. The van der Waals surface area contributed by atoms with E-state index >= 15 is 0 Å². The molecule has 1 atom stereocenters. The molecular formula is C15H18N6O. The molecule has 7 nitrogen and oxygen atoms in total. The van der Waals surface area contributed by atoms with Crippen LogP contribution < -0.4 is 4.90 Å². The maximum Gasteiger partial charge on any atom is 0.163 e. The number of ether oxygens (including phenoxy) is 1. The molecule has 1 fully saturated rings. The molecule has 7 heteroatoms. The zero-order chi connectivity index (χ0) is 15.7. The zero-order valence-electron chi connectivity index (χ0n) is 12.9. The predicted octanol–water partition coefficient (Wildman–Crippen LogP) is 1.28. The Bertz CT molecular complexity index is 732.